The smallest absolute Gasteiger partial charge is 0.114 e. The topological polar surface area (TPSA) is 55.2 Å². The van der Waals surface area contributed by atoms with Gasteiger partial charge in [0.15, 0.2) is 0 Å². The standard InChI is InChI=1S/C12H23N5O/c1-16(2)18-10-12-9-17(15-14-12)8-6-11-5-3-4-7-13-11/h9,11,13H,3-8,10H2,1-2H3. The average Bonchev–Trinajstić information content (AvgIpc) is 2.83. The highest BCUT2D eigenvalue weighted by molar-refractivity contribution is 4.89. The van der Waals surface area contributed by atoms with Crippen molar-refractivity contribution in [3.63, 3.8) is 0 Å². The van der Waals surface area contributed by atoms with Gasteiger partial charge in [-0.2, -0.15) is 5.06 Å². The fraction of sp³-hybridized carbons (Fsp3) is 0.833. The Balaban J connectivity index is 1.72. The van der Waals surface area contributed by atoms with Crippen molar-refractivity contribution in [2.24, 2.45) is 0 Å². The monoisotopic (exact) mass is 253 g/mol. The maximum absolute atomic E-state index is 5.34. The first-order chi connectivity index (χ1) is 8.74. The van der Waals surface area contributed by atoms with Gasteiger partial charge in [-0.25, -0.2) is 0 Å². The molecule has 102 valence electrons. The first kappa shape index (κ1) is 13.5. The van der Waals surface area contributed by atoms with Crippen LogP contribution in [0, 0.1) is 0 Å². The molecule has 1 unspecified atom stereocenters. The van der Waals surface area contributed by atoms with Crippen molar-refractivity contribution in [3.8, 4) is 0 Å². The van der Waals surface area contributed by atoms with Crippen LogP contribution in [-0.4, -0.2) is 46.7 Å². The third kappa shape index (κ3) is 4.36. The summed E-state index contributed by atoms with van der Waals surface area (Å²) in [5.74, 6) is 0. The van der Waals surface area contributed by atoms with Crippen LogP contribution in [0.2, 0.25) is 0 Å². The van der Waals surface area contributed by atoms with E-state index in [0.29, 0.717) is 12.6 Å². The van der Waals surface area contributed by atoms with Gasteiger partial charge in [-0.15, -0.1) is 5.10 Å². The quantitative estimate of drug-likeness (QED) is 0.760. The van der Waals surface area contributed by atoms with Crippen LogP contribution < -0.4 is 5.32 Å². The van der Waals surface area contributed by atoms with E-state index in [1.54, 1.807) is 5.06 Å². The van der Waals surface area contributed by atoms with Gasteiger partial charge in [0.25, 0.3) is 0 Å². The van der Waals surface area contributed by atoms with Crippen molar-refractivity contribution in [2.45, 2.75) is 44.9 Å². The molecular formula is C12H23N5O. The lowest BCUT2D eigenvalue weighted by molar-refractivity contribution is -0.131. The molecule has 1 aliphatic rings. The zero-order chi connectivity index (χ0) is 12.8. The van der Waals surface area contributed by atoms with Gasteiger partial charge in [0.2, 0.25) is 0 Å². The maximum atomic E-state index is 5.34. The lowest BCUT2D eigenvalue weighted by Crippen LogP contribution is -2.34. The largest absolute Gasteiger partial charge is 0.314 e. The van der Waals surface area contributed by atoms with Gasteiger partial charge in [-0.1, -0.05) is 11.6 Å². The summed E-state index contributed by atoms with van der Waals surface area (Å²) < 4.78 is 1.91. The van der Waals surface area contributed by atoms with Crippen molar-refractivity contribution < 1.29 is 4.84 Å². The third-order valence-corrected chi connectivity index (χ3v) is 3.18. The summed E-state index contributed by atoms with van der Waals surface area (Å²) in [6.45, 7) is 2.56. The molecule has 6 heteroatoms. The van der Waals surface area contributed by atoms with Crippen LogP contribution in [0.5, 0.6) is 0 Å². The lowest BCUT2D eigenvalue weighted by atomic mass is 10.0. The minimum Gasteiger partial charge on any atom is -0.314 e. The third-order valence-electron chi connectivity index (χ3n) is 3.18. The van der Waals surface area contributed by atoms with Crippen LogP contribution in [0.1, 0.15) is 31.4 Å². The van der Waals surface area contributed by atoms with E-state index in [1.807, 2.05) is 25.0 Å². The van der Waals surface area contributed by atoms with E-state index in [0.717, 1.165) is 25.2 Å². The number of hydrogen-bond donors (Lipinski definition) is 1. The number of aryl methyl sites for hydroxylation is 1. The number of nitrogens with one attached hydrogen (secondary N) is 1. The first-order valence-corrected chi connectivity index (χ1v) is 6.66. The Kier molecular flexibility index (Phi) is 5.10. The molecule has 6 nitrogen and oxygen atoms in total. The summed E-state index contributed by atoms with van der Waals surface area (Å²) >= 11 is 0. The van der Waals surface area contributed by atoms with E-state index < -0.39 is 0 Å². The van der Waals surface area contributed by atoms with Gasteiger partial charge in [-0.05, 0) is 25.8 Å². The summed E-state index contributed by atoms with van der Waals surface area (Å²) in [5.41, 5.74) is 0.875. The molecule has 0 amide bonds. The molecule has 1 aliphatic heterocycles. The molecule has 1 atom stereocenters. The van der Waals surface area contributed by atoms with E-state index >= 15 is 0 Å². The fourth-order valence-electron chi connectivity index (χ4n) is 2.17. The van der Waals surface area contributed by atoms with Crippen LogP contribution in [0.25, 0.3) is 0 Å². The van der Waals surface area contributed by atoms with Gasteiger partial charge in [0, 0.05) is 26.7 Å². The molecule has 2 heterocycles. The second-order valence-corrected chi connectivity index (χ2v) is 4.99. The van der Waals surface area contributed by atoms with Gasteiger partial charge >= 0.3 is 0 Å². The van der Waals surface area contributed by atoms with Crippen molar-refractivity contribution in [2.75, 3.05) is 20.6 Å². The predicted octanol–water partition coefficient (Wildman–Crippen LogP) is 0.803. The summed E-state index contributed by atoms with van der Waals surface area (Å²) in [6.07, 6.45) is 7.03. The molecule has 0 aromatic carbocycles. The average molecular weight is 253 g/mol. The van der Waals surface area contributed by atoms with E-state index in [-0.39, 0.29) is 0 Å². The second-order valence-electron chi connectivity index (χ2n) is 4.99. The molecule has 0 radical (unpaired) electrons. The summed E-state index contributed by atoms with van der Waals surface area (Å²) in [7, 11) is 3.72. The van der Waals surface area contributed by atoms with Crippen molar-refractivity contribution in [1.29, 1.82) is 0 Å². The molecular weight excluding hydrogens is 230 g/mol. The van der Waals surface area contributed by atoms with Crippen LogP contribution in [0.15, 0.2) is 6.20 Å². The number of hydroxylamine groups is 2. The molecule has 1 aromatic rings. The van der Waals surface area contributed by atoms with Crippen LogP contribution >= 0.6 is 0 Å². The van der Waals surface area contributed by atoms with Gasteiger partial charge in [0.1, 0.15) is 12.3 Å². The van der Waals surface area contributed by atoms with Gasteiger partial charge in [-0.3, -0.25) is 9.52 Å². The lowest BCUT2D eigenvalue weighted by Gasteiger charge is -2.23. The maximum Gasteiger partial charge on any atom is 0.114 e. The van der Waals surface area contributed by atoms with Crippen LogP contribution in [-0.2, 0) is 18.0 Å². The number of aromatic nitrogens is 3. The molecule has 0 aliphatic carbocycles. The Bertz CT molecular complexity index is 346. The summed E-state index contributed by atoms with van der Waals surface area (Å²) in [5, 5.41) is 13.4. The van der Waals surface area contributed by atoms with Crippen molar-refractivity contribution in [1.82, 2.24) is 25.4 Å². The second kappa shape index (κ2) is 6.82. The van der Waals surface area contributed by atoms with Gasteiger partial charge < -0.3 is 5.32 Å². The highest BCUT2D eigenvalue weighted by atomic mass is 16.7. The number of rotatable bonds is 6. The molecule has 2 rings (SSSR count). The molecule has 0 saturated carbocycles. The normalized spacial score (nSPS) is 20.5. The zero-order valence-electron chi connectivity index (χ0n) is 11.3. The van der Waals surface area contributed by atoms with Crippen molar-refractivity contribution in [3.05, 3.63) is 11.9 Å². The molecule has 1 aromatic heterocycles. The Morgan fingerprint density at radius 3 is 3.11 bits per heavy atom. The number of hydrogen-bond acceptors (Lipinski definition) is 5. The summed E-state index contributed by atoms with van der Waals surface area (Å²) in [6, 6.07) is 0.643. The van der Waals surface area contributed by atoms with Gasteiger partial charge in [0.05, 0.1) is 6.20 Å². The molecule has 1 fully saturated rings. The van der Waals surface area contributed by atoms with E-state index in [9.17, 15) is 0 Å². The Morgan fingerprint density at radius 1 is 1.50 bits per heavy atom. The van der Waals surface area contributed by atoms with Crippen molar-refractivity contribution >= 4 is 0 Å². The van der Waals surface area contributed by atoms with E-state index in [1.165, 1.54) is 19.3 Å². The minimum absolute atomic E-state index is 0.481. The molecule has 1 saturated heterocycles. The first-order valence-electron chi connectivity index (χ1n) is 6.66. The highest BCUT2D eigenvalue weighted by Gasteiger charge is 2.12. The zero-order valence-corrected chi connectivity index (χ0v) is 11.3. The van der Waals surface area contributed by atoms with Crippen LogP contribution in [0.4, 0.5) is 0 Å². The predicted molar refractivity (Wildman–Crippen MR) is 68.8 cm³/mol. The minimum atomic E-state index is 0.481. The van der Waals surface area contributed by atoms with E-state index in [4.69, 9.17) is 4.84 Å². The summed E-state index contributed by atoms with van der Waals surface area (Å²) in [4.78, 5) is 5.34. The number of piperidine rings is 1. The highest BCUT2D eigenvalue weighted by Crippen LogP contribution is 2.10. The molecule has 18 heavy (non-hydrogen) atoms. The van der Waals surface area contributed by atoms with E-state index in [2.05, 4.69) is 15.6 Å². The van der Waals surface area contributed by atoms with Crippen LogP contribution in [0.3, 0.4) is 0 Å². The Morgan fingerprint density at radius 2 is 2.39 bits per heavy atom. The Labute approximate surface area is 108 Å². The molecule has 1 N–H and O–H groups in total. The number of nitrogens with zero attached hydrogens (tertiary/aromatic N) is 4. The Hall–Kier alpha value is -0.980. The fourth-order valence-corrected chi connectivity index (χ4v) is 2.17. The SMILES string of the molecule is CN(C)OCc1cn(CCC2CCCCN2)nn1. The molecule has 0 bridgehead atoms. The molecule has 0 spiro atoms.